The van der Waals surface area contributed by atoms with E-state index < -0.39 is 41.6 Å². The second-order valence-electron chi connectivity index (χ2n) is 15.9. The van der Waals surface area contributed by atoms with Gasteiger partial charge in [0.05, 0.1) is 6.04 Å². The maximum absolute atomic E-state index is 14.2. The Bertz CT molecular complexity index is 2370. The standard InChI is InChI=1S/C43H44N6O7/c1-21(2)33-41-49-34(40-46-31(20-54-40)38(52)44-28-15-9-11-24-10-5-6-12-25(24)28)36(56-41)43-26-13-7-8-14-29(26)47-42(43)55-32-17-16-23(18-27(32)43)19-30(37(51)48-33)45-39(53)35(50)22(3)4/h5-8,10,12-14,16-18,20-22,28,30,33,35,42,47,50H,9,11,15,19H2,1-4H3,(H,44,52)(H,45,53)(H,48,51)/t28-,30+,33+,35+,42+,43?/m1/s1. The molecule has 3 aromatic carbocycles. The number of hydrogen-bond acceptors (Lipinski definition) is 10. The van der Waals surface area contributed by atoms with Crippen molar-refractivity contribution in [3.63, 3.8) is 0 Å². The van der Waals surface area contributed by atoms with Crippen LogP contribution in [0, 0.1) is 11.8 Å². The third kappa shape index (κ3) is 5.75. The van der Waals surface area contributed by atoms with E-state index >= 15 is 0 Å². The maximum Gasteiger partial charge on any atom is 0.273 e. The molecule has 2 aromatic heterocycles. The van der Waals surface area contributed by atoms with E-state index in [1.807, 2.05) is 68.4 Å². The number of carbonyl (C=O) groups is 3. The van der Waals surface area contributed by atoms with E-state index in [1.165, 1.54) is 11.8 Å². The van der Waals surface area contributed by atoms with E-state index in [1.54, 1.807) is 13.8 Å². The number of benzene rings is 3. The molecule has 5 aromatic rings. The predicted octanol–water partition coefficient (Wildman–Crippen LogP) is 5.49. The molecule has 3 amide bonds. The fourth-order valence-electron chi connectivity index (χ4n) is 8.63. The summed E-state index contributed by atoms with van der Waals surface area (Å²) >= 11 is 0. The summed E-state index contributed by atoms with van der Waals surface area (Å²) in [6, 6.07) is 19.8. The number of oxazole rings is 2. The van der Waals surface area contributed by atoms with Crippen molar-refractivity contribution >= 4 is 23.4 Å². The number of aliphatic hydroxyl groups excluding tert-OH is 1. The van der Waals surface area contributed by atoms with Crippen molar-refractivity contribution in [2.75, 3.05) is 5.32 Å². The molecule has 1 spiro atoms. The minimum atomic E-state index is -1.30. The molecule has 0 fully saturated rings. The van der Waals surface area contributed by atoms with Gasteiger partial charge in [-0.15, -0.1) is 0 Å². The normalized spacial score (nSPS) is 23.7. The van der Waals surface area contributed by atoms with Crippen LogP contribution in [0.2, 0.25) is 0 Å². The van der Waals surface area contributed by atoms with E-state index in [9.17, 15) is 19.5 Å². The molecule has 5 N–H and O–H groups in total. The molecular weight excluding hydrogens is 713 g/mol. The summed E-state index contributed by atoms with van der Waals surface area (Å²) in [6.07, 6.45) is 2.25. The van der Waals surface area contributed by atoms with Gasteiger partial charge in [0.1, 0.15) is 35.6 Å². The number of hydrogen-bond donors (Lipinski definition) is 5. The van der Waals surface area contributed by atoms with Crippen LogP contribution in [-0.2, 0) is 27.8 Å². The van der Waals surface area contributed by atoms with Gasteiger partial charge in [-0.1, -0.05) is 82.3 Å². The molecule has 0 saturated carbocycles. The molecule has 4 aliphatic rings. The van der Waals surface area contributed by atoms with Crippen LogP contribution in [-0.4, -0.2) is 51.2 Å². The third-order valence-electron chi connectivity index (χ3n) is 11.6. The number of aryl methyl sites for hydroxylation is 1. The van der Waals surface area contributed by atoms with E-state index in [0.717, 1.165) is 47.2 Å². The van der Waals surface area contributed by atoms with Gasteiger partial charge < -0.3 is 39.9 Å². The summed E-state index contributed by atoms with van der Waals surface area (Å²) in [4.78, 5) is 50.9. The number of carbonyl (C=O) groups excluding carboxylic acids is 3. The Morgan fingerprint density at radius 2 is 1.75 bits per heavy atom. The molecule has 0 radical (unpaired) electrons. The van der Waals surface area contributed by atoms with Gasteiger partial charge >= 0.3 is 0 Å². The second-order valence-corrected chi connectivity index (χ2v) is 15.9. The van der Waals surface area contributed by atoms with Crippen molar-refractivity contribution in [1.29, 1.82) is 0 Å². The van der Waals surface area contributed by atoms with Crippen LogP contribution in [0.3, 0.4) is 0 Å². The first-order valence-corrected chi connectivity index (χ1v) is 19.3. The van der Waals surface area contributed by atoms with E-state index in [-0.39, 0.29) is 53.4 Å². The zero-order valence-corrected chi connectivity index (χ0v) is 31.6. The molecular formula is C43H44N6O7. The molecule has 288 valence electrons. The molecule has 0 saturated heterocycles. The summed E-state index contributed by atoms with van der Waals surface area (Å²) in [7, 11) is 0. The number of fused-ring (bicyclic) bond motifs is 5. The van der Waals surface area contributed by atoms with Crippen LogP contribution in [0.1, 0.15) is 103 Å². The smallest absolute Gasteiger partial charge is 0.273 e. The van der Waals surface area contributed by atoms with Gasteiger partial charge in [0.15, 0.2) is 23.4 Å². The molecule has 13 heteroatoms. The fourth-order valence-corrected chi connectivity index (χ4v) is 8.63. The Labute approximate surface area is 323 Å². The third-order valence-corrected chi connectivity index (χ3v) is 11.6. The van der Waals surface area contributed by atoms with E-state index in [4.69, 9.17) is 23.5 Å². The fraction of sp³-hybridized carbons (Fsp3) is 0.372. The number of para-hydroxylation sites is 1. The lowest BCUT2D eigenvalue weighted by Crippen LogP contribution is -2.52. The van der Waals surface area contributed by atoms with Gasteiger partial charge in [-0.2, -0.15) is 0 Å². The van der Waals surface area contributed by atoms with E-state index in [2.05, 4.69) is 33.4 Å². The summed E-state index contributed by atoms with van der Waals surface area (Å²) in [5, 5.41) is 23.2. The Morgan fingerprint density at radius 3 is 2.57 bits per heavy atom. The number of rotatable bonds is 7. The number of ether oxygens (including phenoxy) is 1. The lowest BCUT2D eigenvalue weighted by molar-refractivity contribution is -0.135. The molecule has 6 atom stereocenters. The first-order valence-electron chi connectivity index (χ1n) is 19.3. The highest BCUT2D eigenvalue weighted by Crippen LogP contribution is 2.59. The molecule has 1 aliphatic carbocycles. The van der Waals surface area contributed by atoms with Crippen molar-refractivity contribution in [3.8, 4) is 17.3 Å². The molecule has 5 heterocycles. The van der Waals surface area contributed by atoms with Gasteiger partial charge in [-0.3, -0.25) is 14.4 Å². The number of aliphatic hydroxyl groups is 1. The summed E-state index contributed by atoms with van der Waals surface area (Å²) in [6.45, 7) is 7.34. The van der Waals surface area contributed by atoms with Crippen LogP contribution in [0.4, 0.5) is 5.69 Å². The Balaban J connectivity index is 1.18. The van der Waals surface area contributed by atoms with Crippen molar-refractivity contribution in [1.82, 2.24) is 25.9 Å². The van der Waals surface area contributed by atoms with Crippen molar-refractivity contribution < 1.29 is 33.1 Å². The molecule has 4 bridgehead atoms. The highest BCUT2D eigenvalue weighted by atomic mass is 16.5. The SMILES string of the molecule is CC(C)[C@H](O)C(=O)N[C@H]1Cc2ccc3c(c2)C2(c4ccccc4N[C@H]2O3)c2oc(nc2-c2nc(C(=O)N[C@@H]3CCCc4ccccc43)co2)[C@H](C(C)C)NC1=O. The Hall–Kier alpha value is -5.95. The number of aromatic nitrogens is 2. The summed E-state index contributed by atoms with van der Waals surface area (Å²) < 4.78 is 19.7. The quantitative estimate of drug-likeness (QED) is 0.143. The van der Waals surface area contributed by atoms with Crippen LogP contribution >= 0.6 is 0 Å². The minimum Gasteiger partial charge on any atom is -0.469 e. The van der Waals surface area contributed by atoms with Crippen LogP contribution in [0.25, 0.3) is 11.6 Å². The summed E-state index contributed by atoms with van der Waals surface area (Å²) in [5.74, 6) is -0.811. The molecule has 13 nitrogen and oxygen atoms in total. The molecule has 3 aliphatic heterocycles. The van der Waals surface area contributed by atoms with Gasteiger partial charge in [0.2, 0.25) is 23.6 Å². The highest BCUT2D eigenvalue weighted by Gasteiger charge is 2.61. The lowest BCUT2D eigenvalue weighted by atomic mass is 9.72. The van der Waals surface area contributed by atoms with E-state index in [0.29, 0.717) is 11.5 Å². The predicted molar refractivity (Wildman–Crippen MR) is 205 cm³/mol. The lowest BCUT2D eigenvalue weighted by Gasteiger charge is -2.29. The molecule has 56 heavy (non-hydrogen) atoms. The largest absolute Gasteiger partial charge is 0.469 e. The van der Waals surface area contributed by atoms with Crippen LogP contribution in [0.15, 0.2) is 81.8 Å². The van der Waals surface area contributed by atoms with Crippen molar-refractivity contribution in [3.05, 3.63) is 118 Å². The number of anilines is 1. The van der Waals surface area contributed by atoms with Gasteiger partial charge in [0.25, 0.3) is 5.91 Å². The van der Waals surface area contributed by atoms with Gasteiger partial charge in [0, 0.05) is 17.7 Å². The first-order chi connectivity index (χ1) is 27.0. The monoisotopic (exact) mass is 756 g/mol. The van der Waals surface area contributed by atoms with Crippen molar-refractivity contribution in [2.24, 2.45) is 11.8 Å². The zero-order valence-electron chi connectivity index (χ0n) is 31.6. The average molecular weight is 757 g/mol. The summed E-state index contributed by atoms with van der Waals surface area (Å²) in [5.41, 5.74) is 4.80. The molecule has 1 unspecified atom stereocenters. The second kappa shape index (κ2) is 13.7. The topological polar surface area (TPSA) is 181 Å². The Kier molecular flexibility index (Phi) is 8.72. The average Bonchev–Trinajstić information content (AvgIpc) is 3.97. The number of nitrogens with zero attached hydrogens (tertiary/aromatic N) is 2. The number of nitrogens with one attached hydrogen (secondary N) is 4. The van der Waals surface area contributed by atoms with Gasteiger partial charge in [-0.25, -0.2) is 9.97 Å². The first kappa shape index (κ1) is 35.7. The minimum absolute atomic E-state index is 0.0721. The molecule has 9 rings (SSSR count). The van der Waals surface area contributed by atoms with Crippen molar-refractivity contribution in [2.45, 2.75) is 89.3 Å². The zero-order chi connectivity index (χ0) is 38.9. The van der Waals surface area contributed by atoms with Crippen LogP contribution in [0.5, 0.6) is 5.75 Å². The number of amides is 3. The highest BCUT2D eigenvalue weighted by molar-refractivity contribution is 5.93. The van der Waals surface area contributed by atoms with Gasteiger partial charge in [-0.05, 0) is 65.5 Å². The Morgan fingerprint density at radius 1 is 0.946 bits per heavy atom. The van der Waals surface area contributed by atoms with Crippen LogP contribution < -0.4 is 26.0 Å². The maximum atomic E-state index is 14.2.